The van der Waals surface area contributed by atoms with Crippen LogP contribution in [0.5, 0.6) is 28.7 Å². The molecule has 5 aromatic rings. The highest BCUT2D eigenvalue weighted by atomic mass is 16.3. The van der Waals surface area contributed by atoms with Gasteiger partial charge in [-0.2, -0.15) is 0 Å². The normalized spacial score (nSPS) is 11.2. The summed E-state index contributed by atoms with van der Waals surface area (Å²) in [5, 5.41) is 52.5. The maximum atomic E-state index is 11.4. The number of aryl methyl sites for hydroxylation is 4. The first-order chi connectivity index (χ1) is 20.5. The first-order valence-corrected chi connectivity index (χ1v) is 14.5. The fourth-order valence-electron chi connectivity index (χ4n) is 5.87. The molecule has 220 valence electrons. The summed E-state index contributed by atoms with van der Waals surface area (Å²) in [5.74, 6) is 1.22. The Kier molecular flexibility index (Phi) is 8.36. The third-order valence-corrected chi connectivity index (χ3v) is 8.07. The summed E-state index contributed by atoms with van der Waals surface area (Å²) < 4.78 is 0. The lowest BCUT2D eigenvalue weighted by molar-refractivity contribution is 0.462. The van der Waals surface area contributed by atoms with E-state index in [1.54, 1.807) is 18.2 Å². The fraction of sp³-hybridized carbons (Fsp3) is 0.211. The van der Waals surface area contributed by atoms with Crippen LogP contribution in [-0.2, 0) is 25.7 Å². The van der Waals surface area contributed by atoms with Crippen molar-refractivity contribution in [2.45, 2.75) is 53.4 Å². The SMILES string of the molecule is Cc1cc(Cc2cc(C)c(O)c(Cc3ccc(O)cc3)c2)c(O)c(Cc2cc(C)c(O)c(Cc3ccc(O)c(C)c3)c2)c1. The molecule has 0 spiro atoms. The molecule has 0 aliphatic rings. The smallest absolute Gasteiger partial charge is 0.122 e. The Morgan fingerprint density at radius 2 is 0.814 bits per heavy atom. The van der Waals surface area contributed by atoms with Crippen LogP contribution in [0.3, 0.4) is 0 Å². The van der Waals surface area contributed by atoms with E-state index < -0.39 is 0 Å². The van der Waals surface area contributed by atoms with Crippen molar-refractivity contribution in [3.05, 3.63) is 146 Å². The van der Waals surface area contributed by atoms with Crippen LogP contribution in [0.15, 0.2) is 78.9 Å². The minimum Gasteiger partial charge on any atom is -0.508 e. The monoisotopic (exact) mass is 574 g/mol. The van der Waals surface area contributed by atoms with Crippen LogP contribution < -0.4 is 0 Å². The van der Waals surface area contributed by atoms with Crippen molar-refractivity contribution in [1.29, 1.82) is 0 Å². The summed E-state index contributed by atoms with van der Waals surface area (Å²) in [7, 11) is 0. The van der Waals surface area contributed by atoms with Crippen LogP contribution >= 0.6 is 0 Å². The molecule has 0 radical (unpaired) electrons. The Morgan fingerprint density at radius 1 is 0.395 bits per heavy atom. The number of phenols is 5. The van der Waals surface area contributed by atoms with Crippen molar-refractivity contribution in [3.8, 4) is 28.7 Å². The van der Waals surface area contributed by atoms with E-state index in [2.05, 4.69) is 0 Å². The van der Waals surface area contributed by atoms with Gasteiger partial charge in [0.05, 0.1) is 0 Å². The minimum absolute atomic E-state index is 0.203. The molecule has 0 bridgehead atoms. The van der Waals surface area contributed by atoms with Crippen LogP contribution in [-0.4, -0.2) is 25.5 Å². The van der Waals surface area contributed by atoms with Gasteiger partial charge in [0.15, 0.2) is 0 Å². The van der Waals surface area contributed by atoms with E-state index >= 15 is 0 Å². The van der Waals surface area contributed by atoms with Gasteiger partial charge in [-0.05, 0) is 107 Å². The summed E-state index contributed by atoms with van der Waals surface area (Å²) >= 11 is 0. The molecule has 5 aromatic carbocycles. The van der Waals surface area contributed by atoms with Gasteiger partial charge in [-0.3, -0.25) is 0 Å². The van der Waals surface area contributed by atoms with E-state index in [1.165, 1.54) is 0 Å². The zero-order valence-corrected chi connectivity index (χ0v) is 25.1. The Balaban J connectivity index is 1.42. The lowest BCUT2D eigenvalue weighted by Gasteiger charge is -2.16. The quantitative estimate of drug-likeness (QED) is 0.130. The predicted octanol–water partition coefficient (Wildman–Crippen LogP) is 7.81. The highest BCUT2D eigenvalue weighted by Gasteiger charge is 2.15. The lowest BCUT2D eigenvalue weighted by Crippen LogP contribution is -2.00. The molecule has 5 heteroatoms. The van der Waals surface area contributed by atoms with Gasteiger partial charge in [0, 0.05) is 25.7 Å². The largest absolute Gasteiger partial charge is 0.508 e. The molecule has 0 heterocycles. The summed E-state index contributed by atoms with van der Waals surface area (Å²) in [6.45, 7) is 7.64. The number of hydrogen-bond acceptors (Lipinski definition) is 5. The van der Waals surface area contributed by atoms with Gasteiger partial charge in [0.25, 0.3) is 0 Å². The maximum absolute atomic E-state index is 11.4. The molecular formula is C38H38O5. The van der Waals surface area contributed by atoms with E-state index in [0.29, 0.717) is 25.7 Å². The first-order valence-electron chi connectivity index (χ1n) is 14.5. The van der Waals surface area contributed by atoms with Crippen LogP contribution in [0.2, 0.25) is 0 Å². The van der Waals surface area contributed by atoms with Gasteiger partial charge in [-0.1, -0.05) is 66.2 Å². The molecule has 0 saturated heterocycles. The van der Waals surface area contributed by atoms with E-state index in [1.807, 2.05) is 88.4 Å². The molecule has 5 nitrogen and oxygen atoms in total. The van der Waals surface area contributed by atoms with Crippen LogP contribution in [0.25, 0.3) is 0 Å². The summed E-state index contributed by atoms with van der Waals surface area (Å²) in [6.07, 6.45) is 2.06. The molecule has 43 heavy (non-hydrogen) atoms. The van der Waals surface area contributed by atoms with Crippen molar-refractivity contribution in [3.63, 3.8) is 0 Å². The number of aromatic hydroxyl groups is 5. The van der Waals surface area contributed by atoms with Gasteiger partial charge in [0.1, 0.15) is 28.7 Å². The van der Waals surface area contributed by atoms with E-state index in [4.69, 9.17) is 0 Å². The lowest BCUT2D eigenvalue weighted by atomic mass is 9.91. The third-order valence-electron chi connectivity index (χ3n) is 8.07. The summed E-state index contributed by atoms with van der Waals surface area (Å²) in [5.41, 5.74) is 10.6. The first kappa shape index (κ1) is 29.6. The topological polar surface area (TPSA) is 101 Å². The number of rotatable bonds is 8. The third kappa shape index (κ3) is 6.78. The average Bonchev–Trinajstić information content (AvgIpc) is 2.95. The zero-order chi connectivity index (χ0) is 30.8. The van der Waals surface area contributed by atoms with E-state index in [0.717, 1.165) is 66.8 Å². The second-order valence-electron chi connectivity index (χ2n) is 11.8. The molecule has 5 N–H and O–H groups in total. The molecule has 0 atom stereocenters. The van der Waals surface area contributed by atoms with Crippen LogP contribution in [0, 0.1) is 27.7 Å². The van der Waals surface area contributed by atoms with Gasteiger partial charge in [0.2, 0.25) is 0 Å². The molecule has 0 amide bonds. The Hall–Kier alpha value is -4.90. The molecule has 5 rings (SSSR count). The average molecular weight is 575 g/mol. The number of hydrogen-bond donors (Lipinski definition) is 5. The highest BCUT2D eigenvalue weighted by molar-refractivity contribution is 5.53. The number of benzene rings is 5. The molecule has 0 aliphatic heterocycles. The van der Waals surface area contributed by atoms with Gasteiger partial charge in [-0.15, -0.1) is 0 Å². The summed E-state index contributed by atoms with van der Waals surface area (Å²) in [6, 6.07) is 24.3. The highest BCUT2D eigenvalue weighted by Crippen LogP contribution is 2.34. The second-order valence-corrected chi connectivity index (χ2v) is 11.8. The predicted molar refractivity (Wildman–Crippen MR) is 171 cm³/mol. The number of phenolic OH excluding ortho intramolecular Hbond substituents is 5. The molecule has 0 unspecified atom stereocenters. The van der Waals surface area contributed by atoms with E-state index in [9.17, 15) is 25.5 Å². The summed E-state index contributed by atoms with van der Waals surface area (Å²) in [4.78, 5) is 0. The van der Waals surface area contributed by atoms with Gasteiger partial charge in [-0.25, -0.2) is 0 Å². The van der Waals surface area contributed by atoms with Gasteiger partial charge < -0.3 is 25.5 Å². The second kappa shape index (κ2) is 12.1. The van der Waals surface area contributed by atoms with Crippen molar-refractivity contribution in [2.24, 2.45) is 0 Å². The van der Waals surface area contributed by atoms with Crippen LogP contribution in [0.4, 0.5) is 0 Å². The van der Waals surface area contributed by atoms with Crippen molar-refractivity contribution >= 4 is 0 Å². The molecule has 0 aromatic heterocycles. The Bertz CT molecular complexity index is 1800. The maximum Gasteiger partial charge on any atom is 0.122 e. The fourth-order valence-corrected chi connectivity index (χ4v) is 5.87. The molecular weight excluding hydrogens is 536 g/mol. The molecule has 0 fully saturated rings. The van der Waals surface area contributed by atoms with Gasteiger partial charge >= 0.3 is 0 Å². The Morgan fingerprint density at radius 3 is 1.33 bits per heavy atom. The minimum atomic E-state index is 0.203. The van der Waals surface area contributed by atoms with Crippen LogP contribution in [0.1, 0.15) is 66.8 Å². The standard InChI is InChI=1S/C38H38O5/c1-22-11-30(18-28-14-24(3)36(41)32(20-28)16-26-5-8-34(39)9-6-26)38(43)31(12-22)19-29-15-25(4)37(42)33(21-29)17-27-7-10-35(40)23(2)13-27/h5-15,20-21,39-43H,16-19H2,1-4H3. The van der Waals surface area contributed by atoms with E-state index in [-0.39, 0.29) is 28.7 Å². The molecule has 0 aliphatic carbocycles. The van der Waals surface area contributed by atoms with Crippen molar-refractivity contribution in [2.75, 3.05) is 0 Å². The van der Waals surface area contributed by atoms with Crippen molar-refractivity contribution in [1.82, 2.24) is 0 Å². The molecule has 0 saturated carbocycles. The Labute approximate surface area is 253 Å². The van der Waals surface area contributed by atoms with Crippen molar-refractivity contribution < 1.29 is 25.5 Å². The zero-order valence-electron chi connectivity index (χ0n) is 25.1.